The Kier molecular flexibility index (Phi) is 7.45. The lowest BCUT2D eigenvalue weighted by atomic mass is 10.00. The topological polar surface area (TPSA) is 41.5 Å². The normalized spacial score (nSPS) is 12.4. The molecule has 19 heavy (non-hydrogen) atoms. The van der Waals surface area contributed by atoms with Crippen LogP contribution in [0.1, 0.15) is 31.7 Å². The van der Waals surface area contributed by atoms with Crippen LogP contribution in [-0.4, -0.2) is 25.4 Å². The van der Waals surface area contributed by atoms with Crippen molar-refractivity contribution in [1.82, 2.24) is 5.32 Å². The summed E-state index contributed by atoms with van der Waals surface area (Å²) in [5.41, 5.74) is 0.610. The molecule has 1 rings (SSSR count). The monoisotopic (exact) mass is 269 g/mol. The fraction of sp³-hybridized carbons (Fsp3) is 0.600. The lowest BCUT2D eigenvalue weighted by Gasteiger charge is -2.16. The van der Waals surface area contributed by atoms with Gasteiger partial charge in [-0.15, -0.1) is 0 Å². The van der Waals surface area contributed by atoms with E-state index in [4.69, 9.17) is 9.84 Å². The highest BCUT2D eigenvalue weighted by atomic mass is 19.1. The van der Waals surface area contributed by atoms with E-state index in [9.17, 15) is 4.39 Å². The average molecular weight is 269 g/mol. The van der Waals surface area contributed by atoms with Gasteiger partial charge in [0.15, 0.2) is 11.6 Å². The van der Waals surface area contributed by atoms with Crippen molar-refractivity contribution in [3.63, 3.8) is 0 Å². The first-order chi connectivity index (χ1) is 9.22. The maximum atomic E-state index is 13.9. The van der Waals surface area contributed by atoms with Gasteiger partial charge in [-0.1, -0.05) is 25.5 Å². The molecule has 1 aromatic carbocycles. The van der Waals surface area contributed by atoms with Crippen LogP contribution < -0.4 is 10.1 Å². The molecule has 0 aliphatic carbocycles. The second kappa shape index (κ2) is 8.88. The summed E-state index contributed by atoms with van der Waals surface area (Å²) in [5, 5.41) is 12.2. The number of rotatable bonds is 9. The number of methoxy groups -OCH3 is 1. The van der Waals surface area contributed by atoms with Gasteiger partial charge in [-0.05, 0) is 31.4 Å². The van der Waals surface area contributed by atoms with Gasteiger partial charge in [-0.25, -0.2) is 4.39 Å². The maximum Gasteiger partial charge on any atom is 0.169 e. The van der Waals surface area contributed by atoms with Gasteiger partial charge >= 0.3 is 0 Å². The van der Waals surface area contributed by atoms with Crippen molar-refractivity contribution in [2.75, 3.05) is 20.3 Å². The van der Waals surface area contributed by atoms with Crippen LogP contribution in [0.2, 0.25) is 0 Å². The summed E-state index contributed by atoms with van der Waals surface area (Å²) in [6.07, 6.45) is 2.97. The maximum absolute atomic E-state index is 13.9. The standard InChI is InChI=1S/C15H24FNO2/c1-3-5-12(8-9-18)10-17-11-13-6-4-7-14(19-2)15(13)16/h4,6-7,12,17-18H,3,5,8-11H2,1-2H3. The third-order valence-electron chi connectivity index (χ3n) is 3.25. The van der Waals surface area contributed by atoms with Gasteiger partial charge in [-0.3, -0.25) is 0 Å². The van der Waals surface area contributed by atoms with Crippen LogP contribution in [0.25, 0.3) is 0 Å². The van der Waals surface area contributed by atoms with Crippen molar-refractivity contribution in [1.29, 1.82) is 0 Å². The summed E-state index contributed by atoms with van der Waals surface area (Å²) < 4.78 is 18.8. The number of hydrogen-bond acceptors (Lipinski definition) is 3. The van der Waals surface area contributed by atoms with Crippen LogP contribution in [0.3, 0.4) is 0 Å². The fourth-order valence-electron chi connectivity index (χ4n) is 2.20. The van der Waals surface area contributed by atoms with Crippen molar-refractivity contribution < 1.29 is 14.2 Å². The molecule has 0 aliphatic rings. The Morgan fingerprint density at radius 3 is 2.79 bits per heavy atom. The van der Waals surface area contributed by atoms with Crippen LogP contribution in [0.4, 0.5) is 4.39 Å². The quantitative estimate of drug-likeness (QED) is 0.724. The van der Waals surface area contributed by atoms with Gasteiger partial charge in [-0.2, -0.15) is 0 Å². The minimum Gasteiger partial charge on any atom is -0.494 e. The predicted octanol–water partition coefficient (Wildman–Crippen LogP) is 2.72. The smallest absolute Gasteiger partial charge is 0.169 e. The summed E-state index contributed by atoms with van der Waals surface area (Å²) in [5.74, 6) is 0.426. The highest BCUT2D eigenvalue weighted by Crippen LogP contribution is 2.19. The van der Waals surface area contributed by atoms with Crippen LogP contribution in [0, 0.1) is 11.7 Å². The lowest BCUT2D eigenvalue weighted by Crippen LogP contribution is -2.23. The Morgan fingerprint density at radius 2 is 2.16 bits per heavy atom. The Morgan fingerprint density at radius 1 is 1.37 bits per heavy atom. The van der Waals surface area contributed by atoms with Gasteiger partial charge in [0, 0.05) is 18.7 Å². The predicted molar refractivity (Wildman–Crippen MR) is 74.8 cm³/mol. The molecule has 0 bridgehead atoms. The first kappa shape index (κ1) is 15.9. The third-order valence-corrected chi connectivity index (χ3v) is 3.25. The van der Waals surface area contributed by atoms with Crippen molar-refractivity contribution >= 4 is 0 Å². The molecule has 0 saturated carbocycles. The molecule has 108 valence electrons. The van der Waals surface area contributed by atoms with E-state index in [1.807, 2.05) is 0 Å². The number of benzene rings is 1. The molecular weight excluding hydrogens is 245 g/mol. The van der Waals surface area contributed by atoms with E-state index in [-0.39, 0.29) is 18.2 Å². The van der Waals surface area contributed by atoms with E-state index in [0.717, 1.165) is 25.8 Å². The van der Waals surface area contributed by atoms with E-state index in [1.54, 1.807) is 18.2 Å². The zero-order valence-corrected chi connectivity index (χ0v) is 11.8. The van der Waals surface area contributed by atoms with Gasteiger partial charge < -0.3 is 15.2 Å². The van der Waals surface area contributed by atoms with Crippen molar-refractivity contribution in [2.45, 2.75) is 32.7 Å². The molecule has 3 nitrogen and oxygen atoms in total. The van der Waals surface area contributed by atoms with E-state index in [0.29, 0.717) is 18.0 Å². The molecule has 0 fully saturated rings. The summed E-state index contributed by atoms with van der Waals surface area (Å²) >= 11 is 0. The fourth-order valence-corrected chi connectivity index (χ4v) is 2.20. The number of ether oxygens (including phenoxy) is 1. The van der Waals surface area contributed by atoms with Crippen LogP contribution in [0.5, 0.6) is 5.75 Å². The molecule has 2 N–H and O–H groups in total. The van der Waals surface area contributed by atoms with Gasteiger partial charge in [0.25, 0.3) is 0 Å². The Labute approximate surface area is 114 Å². The Bertz CT molecular complexity index is 365. The van der Waals surface area contributed by atoms with E-state index >= 15 is 0 Å². The van der Waals surface area contributed by atoms with Crippen molar-refractivity contribution in [3.05, 3.63) is 29.6 Å². The van der Waals surface area contributed by atoms with Gasteiger partial charge in [0.1, 0.15) is 0 Å². The number of aliphatic hydroxyl groups is 1. The van der Waals surface area contributed by atoms with Crippen molar-refractivity contribution in [2.24, 2.45) is 5.92 Å². The highest BCUT2D eigenvalue weighted by Gasteiger charge is 2.10. The first-order valence-electron chi connectivity index (χ1n) is 6.85. The molecule has 1 atom stereocenters. The zero-order valence-electron chi connectivity index (χ0n) is 11.8. The molecule has 0 amide bonds. The number of aliphatic hydroxyl groups excluding tert-OH is 1. The minimum atomic E-state index is -0.299. The van der Waals surface area contributed by atoms with Crippen LogP contribution in [0.15, 0.2) is 18.2 Å². The summed E-state index contributed by atoms with van der Waals surface area (Å²) in [6.45, 7) is 3.62. The molecule has 0 radical (unpaired) electrons. The van der Waals surface area contributed by atoms with Crippen molar-refractivity contribution in [3.8, 4) is 5.75 Å². The SMILES string of the molecule is CCCC(CCO)CNCc1cccc(OC)c1F. The molecule has 1 unspecified atom stereocenters. The minimum absolute atomic E-state index is 0.208. The molecule has 0 aromatic heterocycles. The summed E-state index contributed by atoms with van der Waals surface area (Å²) in [4.78, 5) is 0. The molecule has 0 saturated heterocycles. The van der Waals surface area contributed by atoms with Gasteiger partial charge in [0.2, 0.25) is 0 Å². The summed E-state index contributed by atoms with van der Waals surface area (Å²) in [7, 11) is 1.47. The average Bonchev–Trinajstić information content (AvgIpc) is 2.41. The molecule has 0 spiro atoms. The summed E-state index contributed by atoms with van der Waals surface area (Å²) in [6, 6.07) is 5.16. The first-order valence-corrected chi connectivity index (χ1v) is 6.85. The molecule has 4 heteroatoms. The van der Waals surface area contributed by atoms with Crippen LogP contribution >= 0.6 is 0 Å². The van der Waals surface area contributed by atoms with Gasteiger partial charge in [0.05, 0.1) is 7.11 Å². The number of nitrogens with one attached hydrogen (secondary N) is 1. The number of hydrogen-bond donors (Lipinski definition) is 2. The number of halogens is 1. The molecule has 1 aromatic rings. The molecular formula is C15H24FNO2. The highest BCUT2D eigenvalue weighted by molar-refractivity contribution is 5.30. The Hall–Kier alpha value is -1.13. The van der Waals surface area contributed by atoms with E-state index < -0.39 is 0 Å². The van der Waals surface area contributed by atoms with E-state index in [2.05, 4.69) is 12.2 Å². The second-order valence-corrected chi connectivity index (χ2v) is 4.73. The zero-order chi connectivity index (χ0) is 14.1. The molecule has 0 heterocycles. The second-order valence-electron chi connectivity index (χ2n) is 4.73. The lowest BCUT2D eigenvalue weighted by molar-refractivity contribution is 0.248. The largest absolute Gasteiger partial charge is 0.494 e. The molecule has 0 aliphatic heterocycles. The Balaban J connectivity index is 2.47. The van der Waals surface area contributed by atoms with E-state index in [1.165, 1.54) is 7.11 Å². The van der Waals surface area contributed by atoms with Crippen LogP contribution in [-0.2, 0) is 6.54 Å². The third kappa shape index (κ3) is 5.17.